The Labute approximate surface area is 195 Å². The van der Waals surface area contributed by atoms with Crippen molar-refractivity contribution in [1.29, 1.82) is 0 Å². The van der Waals surface area contributed by atoms with Gasteiger partial charge in [-0.2, -0.15) is 0 Å². The van der Waals surface area contributed by atoms with E-state index in [-0.39, 0.29) is 11.9 Å². The Bertz CT molecular complexity index is 1050. The van der Waals surface area contributed by atoms with Crippen LogP contribution in [0.15, 0.2) is 48.9 Å². The zero-order chi connectivity index (χ0) is 22.5. The number of para-hydroxylation sites is 1. The van der Waals surface area contributed by atoms with E-state index in [0.717, 1.165) is 55.0 Å². The van der Waals surface area contributed by atoms with E-state index < -0.39 is 0 Å². The van der Waals surface area contributed by atoms with Gasteiger partial charge < -0.3 is 20.1 Å². The van der Waals surface area contributed by atoms with Gasteiger partial charge in [0.25, 0.3) is 0 Å². The summed E-state index contributed by atoms with van der Waals surface area (Å²) in [5.41, 5.74) is 1.86. The van der Waals surface area contributed by atoms with Crippen LogP contribution in [0.3, 0.4) is 0 Å². The highest BCUT2D eigenvalue weighted by Gasteiger charge is 2.31. The summed E-state index contributed by atoms with van der Waals surface area (Å²) in [6, 6.07) is 12.3. The van der Waals surface area contributed by atoms with Gasteiger partial charge >= 0.3 is 0 Å². The van der Waals surface area contributed by atoms with E-state index in [1.807, 2.05) is 42.6 Å². The summed E-state index contributed by atoms with van der Waals surface area (Å²) in [5.74, 6) is 1.79. The molecule has 0 bridgehead atoms. The highest BCUT2D eigenvalue weighted by molar-refractivity contribution is 5.87. The molecule has 3 aromatic rings. The van der Waals surface area contributed by atoms with Crippen LogP contribution >= 0.6 is 0 Å². The number of nitrogens with one attached hydrogen (secondary N) is 2. The van der Waals surface area contributed by atoms with E-state index in [1.54, 1.807) is 6.33 Å². The Morgan fingerprint density at radius 1 is 1.06 bits per heavy atom. The molecule has 3 heterocycles. The molecule has 5 rings (SSSR count). The Morgan fingerprint density at radius 2 is 1.91 bits per heavy atom. The lowest BCUT2D eigenvalue weighted by Crippen LogP contribution is -2.53. The molecule has 1 aliphatic carbocycles. The molecule has 0 radical (unpaired) electrons. The van der Waals surface area contributed by atoms with Gasteiger partial charge in [0.05, 0.1) is 11.9 Å². The van der Waals surface area contributed by atoms with Crippen molar-refractivity contribution in [2.75, 3.05) is 36.4 Å². The third-order valence-corrected chi connectivity index (χ3v) is 7.19. The molecule has 1 aliphatic heterocycles. The van der Waals surface area contributed by atoms with Gasteiger partial charge in [0.15, 0.2) is 0 Å². The average molecular weight is 447 g/mol. The molecule has 2 aromatic heterocycles. The lowest BCUT2D eigenvalue weighted by molar-refractivity contribution is -0.132. The van der Waals surface area contributed by atoms with Gasteiger partial charge in [-0.1, -0.05) is 37.5 Å². The second-order valence-corrected chi connectivity index (χ2v) is 9.45. The van der Waals surface area contributed by atoms with E-state index >= 15 is 0 Å². The van der Waals surface area contributed by atoms with E-state index in [1.165, 1.54) is 32.1 Å². The van der Waals surface area contributed by atoms with Gasteiger partial charge in [0.1, 0.15) is 17.8 Å². The van der Waals surface area contributed by atoms with E-state index in [2.05, 4.69) is 30.1 Å². The van der Waals surface area contributed by atoms with Gasteiger partial charge in [-0.05, 0) is 49.8 Å². The second kappa shape index (κ2) is 10.2. The average Bonchev–Trinajstić information content (AvgIpc) is 3.36. The summed E-state index contributed by atoms with van der Waals surface area (Å²) in [6.07, 6.45) is 12.0. The Kier molecular flexibility index (Phi) is 6.74. The predicted octanol–water partition coefficient (Wildman–Crippen LogP) is 4.45. The number of amides is 1. The molecule has 1 atom stereocenters. The number of hydrogen-bond acceptors (Lipinski definition) is 5. The Balaban J connectivity index is 1.33. The Hall–Kier alpha value is -3.09. The molecule has 7 nitrogen and oxygen atoms in total. The van der Waals surface area contributed by atoms with Crippen molar-refractivity contribution in [2.24, 2.45) is 5.92 Å². The van der Waals surface area contributed by atoms with Crippen LogP contribution in [0.25, 0.3) is 11.0 Å². The van der Waals surface area contributed by atoms with Crippen molar-refractivity contribution in [1.82, 2.24) is 19.9 Å². The molecule has 2 aliphatic rings. The number of hydrogen-bond donors (Lipinski definition) is 2. The topological polar surface area (TPSA) is 77.2 Å². The van der Waals surface area contributed by atoms with Gasteiger partial charge in [-0.3, -0.25) is 4.79 Å². The van der Waals surface area contributed by atoms with Gasteiger partial charge in [0.2, 0.25) is 5.91 Å². The summed E-state index contributed by atoms with van der Waals surface area (Å²) in [5, 5.41) is 4.39. The first-order chi connectivity index (χ1) is 16.3. The van der Waals surface area contributed by atoms with Gasteiger partial charge in [-0.25, -0.2) is 9.97 Å². The number of carbonyl (C=O) groups excluding carboxylic acids is 1. The molecule has 1 saturated heterocycles. The molecule has 33 heavy (non-hydrogen) atoms. The number of piperidine rings is 1. The fourth-order valence-corrected chi connectivity index (χ4v) is 5.45. The number of fused-ring (bicyclic) bond motifs is 1. The van der Waals surface area contributed by atoms with Crippen LogP contribution in [-0.4, -0.2) is 58.0 Å². The molecule has 1 amide bonds. The largest absolute Gasteiger partial charge is 0.376 e. The first kappa shape index (κ1) is 21.7. The highest BCUT2D eigenvalue weighted by Crippen LogP contribution is 2.29. The van der Waals surface area contributed by atoms with Crippen LogP contribution in [0.1, 0.15) is 44.9 Å². The normalized spacial score (nSPS) is 19.5. The SMILES string of the molecule is O=C(CNc1ccccc1)N(CC1CCCCC1)C1CCCN(c2ncnc3[nH]ccc23)C1. The highest BCUT2D eigenvalue weighted by atomic mass is 16.2. The predicted molar refractivity (Wildman–Crippen MR) is 132 cm³/mol. The molecule has 2 fully saturated rings. The van der Waals surface area contributed by atoms with Crippen molar-refractivity contribution < 1.29 is 4.79 Å². The van der Waals surface area contributed by atoms with Crippen LogP contribution in [0.5, 0.6) is 0 Å². The number of benzene rings is 1. The number of nitrogens with zero attached hydrogens (tertiary/aromatic N) is 4. The fraction of sp³-hybridized carbons (Fsp3) is 0.500. The van der Waals surface area contributed by atoms with Crippen LogP contribution in [0.4, 0.5) is 11.5 Å². The summed E-state index contributed by atoms with van der Waals surface area (Å²) >= 11 is 0. The monoisotopic (exact) mass is 446 g/mol. The van der Waals surface area contributed by atoms with Crippen molar-refractivity contribution in [2.45, 2.75) is 51.0 Å². The Morgan fingerprint density at radius 3 is 2.76 bits per heavy atom. The second-order valence-electron chi connectivity index (χ2n) is 9.45. The van der Waals surface area contributed by atoms with Gasteiger partial charge in [-0.15, -0.1) is 0 Å². The molecule has 174 valence electrons. The minimum absolute atomic E-state index is 0.200. The summed E-state index contributed by atoms with van der Waals surface area (Å²) in [6.45, 7) is 2.99. The van der Waals surface area contributed by atoms with Crippen LogP contribution in [0, 0.1) is 5.92 Å². The fourth-order valence-electron chi connectivity index (χ4n) is 5.45. The smallest absolute Gasteiger partial charge is 0.242 e. The molecule has 1 unspecified atom stereocenters. The van der Waals surface area contributed by atoms with Crippen LogP contribution < -0.4 is 10.2 Å². The molecule has 0 spiro atoms. The van der Waals surface area contributed by atoms with E-state index in [9.17, 15) is 4.79 Å². The zero-order valence-corrected chi connectivity index (χ0v) is 19.2. The third-order valence-electron chi connectivity index (χ3n) is 7.19. The number of aromatic nitrogens is 3. The number of anilines is 2. The van der Waals surface area contributed by atoms with Crippen molar-refractivity contribution in [3.8, 4) is 0 Å². The molecular weight excluding hydrogens is 412 g/mol. The van der Waals surface area contributed by atoms with E-state index in [0.29, 0.717) is 12.5 Å². The lowest BCUT2D eigenvalue weighted by Gasteiger charge is -2.42. The van der Waals surface area contributed by atoms with Crippen LogP contribution in [-0.2, 0) is 4.79 Å². The lowest BCUT2D eigenvalue weighted by atomic mass is 9.88. The molecular formula is C26H34N6O. The summed E-state index contributed by atoms with van der Waals surface area (Å²) in [7, 11) is 0. The number of carbonyl (C=O) groups is 1. The number of aromatic amines is 1. The van der Waals surface area contributed by atoms with Crippen LogP contribution in [0.2, 0.25) is 0 Å². The molecule has 7 heteroatoms. The maximum atomic E-state index is 13.5. The van der Waals surface area contributed by atoms with Crippen molar-refractivity contribution in [3.63, 3.8) is 0 Å². The maximum absolute atomic E-state index is 13.5. The molecule has 2 N–H and O–H groups in total. The standard InChI is InChI=1S/C26H34N6O/c33-24(16-28-21-10-5-2-6-11-21)32(17-20-8-3-1-4-9-20)22-12-7-15-31(18-22)26-23-13-14-27-25(23)29-19-30-26/h2,5-6,10-11,13-14,19-20,22,28H,1,3-4,7-9,12,15-18H2,(H,27,29,30). The molecule has 1 saturated carbocycles. The first-order valence-electron chi connectivity index (χ1n) is 12.4. The minimum atomic E-state index is 0.200. The van der Waals surface area contributed by atoms with Gasteiger partial charge in [0, 0.05) is 37.6 Å². The zero-order valence-electron chi connectivity index (χ0n) is 19.2. The quantitative estimate of drug-likeness (QED) is 0.561. The number of H-pyrrole nitrogens is 1. The molecule has 1 aromatic carbocycles. The third kappa shape index (κ3) is 5.13. The maximum Gasteiger partial charge on any atom is 0.242 e. The summed E-state index contributed by atoms with van der Waals surface area (Å²) in [4.78, 5) is 30.2. The van der Waals surface area contributed by atoms with Crippen molar-refractivity contribution >= 4 is 28.4 Å². The first-order valence-corrected chi connectivity index (χ1v) is 12.4. The van der Waals surface area contributed by atoms with Crippen molar-refractivity contribution in [3.05, 3.63) is 48.9 Å². The van der Waals surface area contributed by atoms with E-state index in [4.69, 9.17) is 0 Å². The minimum Gasteiger partial charge on any atom is -0.376 e. The summed E-state index contributed by atoms with van der Waals surface area (Å²) < 4.78 is 0. The number of rotatable bonds is 7.